The highest BCUT2D eigenvalue weighted by molar-refractivity contribution is 5.44. The van der Waals surface area contributed by atoms with Crippen molar-refractivity contribution >= 4 is 5.82 Å². The molecule has 0 amide bonds. The number of rotatable bonds is 7. The third-order valence-corrected chi connectivity index (χ3v) is 3.21. The Morgan fingerprint density at radius 3 is 2.52 bits per heavy atom. The van der Waals surface area contributed by atoms with E-state index in [9.17, 15) is 0 Å². The first-order valence-corrected chi connectivity index (χ1v) is 7.83. The summed E-state index contributed by atoms with van der Waals surface area (Å²) in [7, 11) is 0. The molecule has 0 spiro atoms. The van der Waals surface area contributed by atoms with Gasteiger partial charge in [0, 0.05) is 24.3 Å². The maximum absolute atomic E-state index is 5.49. The van der Waals surface area contributed by atoms with Gasteiger partial charge in [-0.1, -0.05) is 19.8 Å². The van der Waals surface area contributed by atoms with Crippen LogP contribution >= 0.6 is 0 Å². The van der Waals surface area contributed by atoms with Gasteiger partial charge in [-0.2, -0.15) is 0 Å². The summed E-state index contributed by atoms with van der Waals surface area (Å²) in [5, 5.41) is 3.53. The van der Waals surface area contributed by atoms with Gasteiger partial charge in [0.2, 0.25) is 0 Å². The Morgan fingerprint density at radius 1 is 1.29 bits per heavy atom. The smallest absolute Gasteiger partial charge is 0.129 e. The molecular weight excluding hydrogens is 258 g/mol. The maximum atomic E-state index is 5.49. The lowest BCUT2D eigenvalue weighted by molar-refractivity contribution is 0.424. The van der Waals surface area contributed by atoms with Crippen LogP contribution in [0, 0.1) is 12.3 Å². The number of nitrogens with one attached hydrogen (secondary N) is 1. The van der Waals surface area contributed by atoms with Gasteiger partial charge in [0.1, 0.15) is 5.82 Å². The Hall–Kier alpha value is -1.53. The number of anilines is 1. The summed E-state index contributed by atoms with van der Waals surface area (Å²) in [6, 6.07) is 4.34. The van der Waals surface area contributed by atoms with Crippen molar-refractivity contribution < 1.29 is 0 Å². The zero-order chi connectivity index (χ0) is 15.9. The van der Waals surface area contributed by atoms with Crippen LogP contribution in [0.15, 0.2) is 12.1 Å². The molecule has 3 nitrogen and oxygen atoms in total. The SMILES string of the molecule is C#CCN(CCC)c1cc(CNC(C)(C)C)cc(CC)n1. The minimum Gasteiger partial charge on any atom is -0.345 e. The Kier molecular flexibility index (Phi) is 6.71. The van der Waals surface area contributed by atoms with E-state index in [1.165, 1.54) is 5.56 Å². The zero-order valence-corrected chi connectivity index (χ0v) is 14.2. The minimum atomic E-state index is 0.109. The summed E-state index contributed by atoms with van der Waals surface area (Å²) >= 11 is 0. The van der Waals surface area contributed by atoms with Crippen molar-refractivity contribution in [3.05, 3.63) is 23.4 Å². The number of aromatic nitrogens is 1. The summed E-state index contributed by atoms with van der Waals surface area (Å²) in [4.78, 5) is 6.92. The molecular formula is C18H29N3. The molecule has 1 aromatic rings. The first-order chi connectivity index (χ1) is 9.89. The number of aryl methyl sites for hydroxylation is 1. The summed E-state index contributed by atoms with van der Waals surface area (Å²) in [6.07, 6.45) is 7.49. The summed E-state index contributed by atoms with van der Waals surface area (Å²) < 4.78 is 0. The molecule has 0 aliphatic carbocycles. The van der Waals surface area contributed by atoms with E-state index >= 15 is 0 Å². The highest BCUT2D eigenvalue weighted by Crippen LogP contribution is 2.17. The summed E-state index contributed by atoms with van der Waals surface area (Å²) in [5.41, 5.74) is 2.50. The molecule has 0 aliphatic heterocycles. The highest BCUT2D eigenvalue weighted by Gasteiger charge is 2.12. The average molecular weight is 287 g/mol. The predicted molar refractivity (Wildman–Crippen MR) is 91.5 cm³/mol. The fourth-order valence-corrected chi connectivity index (χ4v) is 2.10. The van der Waals surface area contributed by atoms with Crippen LogP contribution in [0.4, 0.5) is 5.82 Å². The molecule has 3 heteroatoms. The molecule has 0 radical (unpaired) electrons. The molecule has 0 atom stereocenters. The molecule has 1 heterocycles. The fraction of sp³-hybridized carbons (Fsp3) is 0.611. The van der Waals surface area contributed by atoms with Crippen molar-refractivity contribution in [2.24, 2.45) is 0 Å². The van der Waals surface area contributed by atoms with Crippen molar-refractivity contribution in [3.8, 4) is 12.3 Å². The third-order valence-electron chi connectivity index (χ3n) is 3.21. The van der Waals surface area contributed by atoms with Crippen molar-refractivity contribution in [2.45, 2.75) is 59.5 Å². The molecule has 1 N–H and O–H groups in total. The molecule has 0 aromatic carbocycles. The van der Waals surface area contributed by atoms with E-state index in [1.807, 2.05) is 0 Å². The van der Waals surface area contributed by atoms with Crippen LogP contribution in [0.3, 0.4) is 0 Å². The predicted octanol–water partition coefficient (Wildman–Crippen LogP) is 3.38. The van der Waals surface area contributed by atoms with Gasteiger partial charge in [0.05, 0.1) is 6.54 Å². The van der Waals surface area contributed by atoms with Gasteiger partial charge >= 0.3 is 0 Å². The molecule has 0 bridgehead atoms. The van der Waals surface area contributed by atoms with Crippen LogP contribution in [-0.2, 0) is 13.0 Å². The van der Waals surface area contributed by atoms with Gasteiger partial charge < -0.3 is 10.2 Å². The largest absolute Gasteiger partial charge is 0.345 e. The van der Waals surface area contributed by atoms with E-state index in [0.29, 0.717) is 6.54 Å². The quantitative estimate of drug-likeness (QED) is 0.779. The number of terminal acetylenes is 1. The topological polar surface area (TPSA) is 28.2 Å². The number of pyridine rings is 1. The standard InChI is InChI=1S/C18H29N3/c1-7-10-21(11-8-2)17-13-15(12-16(9-3)20-17)14-19-18(4,5)6/h1,12-13,19H,8-11,14H2,2-6H3. The normalized spacial score (nSPS) is 11.2. The lowest BCUT2D eigenvalue weighted by Gasteiger charge is -2.24. The molecule has 0 saturated carbocycles. The minimum absolute atomic E-state index is 0.109. The van der Waals surface area contributed by atoms with Gasteiger partial charge in [-0.05, 0) is 51.3 Å². The monoisotopic (exact) mass is 287 g/mol. The summed E-state index contributed by atoms with van der Waals surface area (Å²) in [5.74, 6) is 3.73. The van der Waals surface area contributed by atoms with Crippen LogP contribution < -0.4 is 10.2 Å². The van der Waals surface area contributed by atoms with Crippen LogP contribution in [0.2, 0.25) is 0 Å². The highest BCUT2D eigenvalue weighted by atomic mass is 15.2. The second-order valence-electron chi connectivity index (χ2n) is 6.41. The molecule has 116 valence electrons. The Morgan fingerprint density at radius 2 is 2.00 bits per heavy atom. The van der Waals surface area contributed by atoms with E-state index < -0.39 is 0 Å². The van der Waals surface area contributed by atoms with Crippen LogP contribution in [0.5, 0.6) is 0 Å². The fourth-order valence-electron chi connectivity index (χ4n) is 2.10. The first kappa shape index (κ1) is 17.5. The van der Waals surface area contributed by atoms with Gasteiger partial charge in [-0.25, -0.2) is 4.98 Å². The van der Waals surface area contributed by atoms with Crippen molar-refractivity contribution in [3.63, 3.8) is 0 Å². The van der Waals surface area contributed by atoms with E-state index in [2.05, 4.69) is 62.9 Å². The van der Waals surface area contributed by atoms with Gasteiger partial charge in [-0.3, -0.25) is 0 Å². The molecule has 0 unspecified atom stereocenters. The van der Waals surface area contributed by atoms with Gasteiger partial charge in [-0.15, -0.1) is 6.42 Å². The molecule has 21 heavy (non-hydrogen) atoms. The number of hydrogen-bond acceptors (Lipinski definition) is 3. The van der Waals surface area contributed by atoms with Crippen LogP contribution in [0.1, 0.15) is 52.3 Å². The number of hydrogen-bond donors (Lipinski definition) is 1. The third kappa shape index (κ3) is 6.18. The van der Waals surface area contributed by atoms with E-state index in [4.69, 9.17) is 11.4 Å². The lowest BCUT2D eigenvalue weighted by atomic mass is 10.1. The summed E-state index contributed by atoms with van der Waals surface area (Å²) in [6.45, 7) is 13.2. The molecule has 0 fully saturated rings. The van der Waals surface area contributed by atoms with Crippen molar-refractivity contribution in [2.75, 3.05) is 18.0 Å². The van der Waals surface area contributed by atoms with E-state index in [-0.39, 0.29) is 5.54 Å². The van der Waals surface area contributed by atoms with Crippen LogP contribution in [-0.4, -0.2) is 23.6 Å². The van der Waals surface area contributed by atoms with Crippen molar-refractivity contribution in [1.82, 2.24) is 10.3 Å². The second-order valence-corrected chi connectivity index (χ2v) is 6.41. The number of nitrogens with zero attached hydrogens (tertiary/aromatic N) is 2. The zero-order valence-electron chi connectivity index (χ0n) is 14.2. The first-order valence-electron chi connectivity index (χ1n) is 7.83. The van der Waals surface area contributed by atoms with Gasteiger partial charge in [0.25, 0.3) is 0 Å². The second kappa shape index (κ2) is 8.05. The molecule has 1 aromatic heterocycles. The molecule has 0 aliphatic rings. The Balaban J connectivity index is 3.00. The average Bonchev–Trinajstić information content (AvgIpc) is 2.44. The Bertz CT molecular complexity index is 480. The molecule has 1 rings (SSSR count). The van der Waals surface area contributed by atoms with Gasteiger partial charge in [0.15, 0.2) is 0 Å². The lowest BCUT2D eigenvalue weighted by Crippen LogP contribution is -2.35. The van der Waals surface area contributed by atoms with Crippen LogP contribution in [0.25, 0.3) is 0 Å². The van der Waals surface area contributed by atoms with E-state index in [0.717, 1.165) is 37.4 Å². The van der Waals surface area contributed by atoms with Crippen molar-refractivity contribution in [1.29, 1.82) is 0 Å². The maximum Gasteiger partial charge on any atom is 0.129 e. The van der Waals surface area contributed by atoms with E-state index in [1.54, 1.807) is 0 Å². The Labute approximate surface area is 130 Å². The molecule has 0 saturated heterocycles.